The fourth-order valence-corrected chi connectivity index (χ4v) is 3.69. The Labute approximate surface area is 127 Å². The molecule has 0 bridgehead atoms. The third-order valence-electron chi connectivity index (χ3n) is 4.85. The van der Waals surface area contributed by atoms with E-state index in [2.05, 4.69) is 41.1 Å². The maximum atomic E-state index is 5.95. The molecule has 21 heavy (non-hydrogen) atoms. The molecule has 0 saturated heterocycles. The van der Waals surface area contributed by atoms with Crippen molar-refractivity contribution in [1.29, 1.82) is 0 Å². The third kappa shape index (κ3) is 3.09. The molecule has 0 radical (unpaired) electrons. The highest BCUT2D eigenvalue weighted by atomic mass is 15.2. The predicted octanol–water partition coefficient (Wildman–Crippen LogP) is 3.18. The first-order valence-electron chi connectivity index (χ1n) is 8.09. The molecule has 1 heterocycles. The van der Waals surface area contributed by atoms with Crippen LogP contribution < -0.4 is 5.73 Å². The summed E-state index contributed by atoms with van der Waals surface area (Å²) >= 11 is 0. The minimum Gasteiger partial charge on any atom is -0.330 e. The number of nitrogens with two attached hydrogens (primary N) is 1. The lowest BCUT2D eigenvalue weighted by Gasteiger charge is -2.31. The first kappa shape index (κ1) is 14.5. The lowest BCUT2D eigenvalue weighted by molar-refractivity contribution is 0.162. The lowest BCUT2D eigenvalue weighted by Crippen LogP contribution is -2.39. The molecule has 0 amide bonds. The van der Waals surface area contributed by atoms with E-state index in [0.717, 1.165) is 25.2 Å². The van der Waals surface area contributed by atoms with Crippen molar-refractivity contribution in [1.82, 2.24) is 9.88 Å². The van der Waals surface area contributed by atoms with Gasteiger partial charge in [-0.1, -0.05) is 25.5 Å². The number of hydrogen-bond acceptors (Lipinski definition) is 3. The van der Waals surface area contributed by atoms with Crippen molar-refractivity contribution in [3.05, 3.63) is 42.1 Å². The summed E-state index contributed by atoms with van der Waals surface area (Å²) in [4.78, 5) is 6.99. The van der Waals surface area contributed by atoms with Crippen LogP contribution in [0.5, 0.6) is 0 Å². The second-order valence-electron chi connectivity index (χ2n) is 6.09. The van der Waals surface area contributed by atoms with Gasteiger partial charge in [-0.15, -0.1) is 0 Å². The van der Waals surface area contributed by atoms with Crippen LogP contribution in [0.4, 0.5) is 0 Å². The van der Waals surface area contributed by atoms with Gasteiger partial charge in [0.1, 0.15) is 0 Å². The van der Waals surface area contributed by atoms with Gasteiger partial charge in [0.15, 0.2) is 0 Å². The molecule has 2 unspecified atom stereocenters. The molecule has 3 heteroatoms. The van der Waals surface area contributed by atoms with Gasteiger partial charge < -0.3 is 5.73 Å². The van der Waals surface area contributed by atoms with E-state index in [0.29, 0.717) is 12.0 Å². The molecule has 2 N–H and O–H groups in total. The van der Waals surface area contributed by atoms with Crippen LogP contribution >= 0.6 is 0 Å². The highest BCUT2D eigenvalue weighted by Crippen LogP contribution is 2.30. The van der Waals surface area contributed by atoms with Gasteiger partial charge in [-0.05, 0) is 55.6 Å². The van der Waals surface area contributed by atoms with E-state index in [4.69, 9.17) is 5.73 Å². The number of benzene rings is 1. The fourth-order valence-electron chi connectivity index (χ4n) is 3.69. The number of pyridine rings is 1. The Hall–Kier alpha value is -1.45. The molecule has 2 aromatic rings. The molecule has 1 aliphatic rings. The van der Waals surface area contributed by atoms with Gasteiger partial charge in [-0.2, -0.15) is 0 Å². The van der Waals surface area contributed by atoms with Crippen LogP contribution in [0.15, 0.2) is 36.5 Å². The average molecular weight is 283 g/mol. The Morgan fingerprint density at radius 3 is 3.00 bits per heavy atom. The summed E-state index contributed by atoms with van der Waals surface area (Å²) in [5.74, 6) is 0.673. The third-order valence-corrected chi connectivity index (χ3v) is 4.85. The van der Waals surface area contributed by atoms with E-state index in [1.165, 1.54) is 30.2 Å². The predicted molar refractivity (Wildman–Crippen MR) is 88.0 cm³/mol. The fraction of sp³-hybridized carbons (Fsp3) is 0.500. The van der Waals surface area contributed by atoms with E-state index in [1.54, 1.807) is 0 Å². The summed E-state index contributed by atoms with van der Waals surface area (Å²) in [7, 11) is 0. The molecule has 0 aliphatic heterocycles. The Balaban J connectivity index is 1.78. The van der Waals surface area contributed by atoms with Crippen molar-refractivity contribution in [2.75, 3.05) is 13.1 Å². The summed E-state index contributed by atoms with van der Waals surface area (Å²) in [5, 5.41) is 1.23. The zero-order chi connectivity index (χ0) is 14.7. The average Bonchev–Trinajstić information content (AvgIpc) is 3.01. The van der Waals surface area contributed by atoms with Crippen LogP contribution in [0.1, 0.15) is 31.7 Å². The van der Waals surface area contributed by atoms with E-state index in [-0.39, 0.29) is 0 Å². The largest absolute Gasteiger partial charge is 0.330 e. The molecular formula is C18H25N3. The number of rotatable bonds is 5. The molecule has 3 nitrogen and oxygen atoms in total. The van der Waals surface area contributed by atoms with Crippen molar-refractivity contribution in [2.24, 2.45) is 11.7 Å². The van der Waals surface area contributed by atoms with Gasteiger partial charge in [0.2, 0.25) is 0 Å². The van der Waals surface area contributed by atoms with E-state index < -0.39 is 0 Å². The topological polar surface area (TPSA) is 42.2 Å². The van der Waals surface area contributed by atoms with E-state index in [9.17, 15) is 0 Å². The van der Waals surface area contributed by atoms with Crippen LogP contribution in [-0.2, 0) is 6.54 Å². The van der Waals surface area contributed by atoms with E-state index in [1.807, 2.05) is 12.3 Å². The minimum absolute atomic E-state index is 0.657. The van der Waals surface area contributed by atoms with Crippen molar-refractivity contribution in [2.45, 2.75) is 38.8 Å². The SMILES string of the molecule is CCN(Cc1ccc2ncccc2c1)C1CCCC1CN. The number of nitrogens with zero attached hydrogens (tertiary/aromatic N) is 2. The highest BCUT2D eigenvalue weighted by Gasteiger charge is 2.30. The Bertz CT molecular complexity index is 596. The second kappa shape index (κ2) is 6.54. The highest BCUT2D eigenvalue weighted by molar-refractivity contribution is 5.78. The van der Waals surface area contributed by atoms with Crippen LogP contribution in [-0.4, -0.2) is 29.0 Å². The maximum absolute atomic E-state index is 5.95. The van der Waals surface area contributed by atoms with Crippen molar-refractivity contribution in [3.63, 3.8) is 0 Å². The normalized spacial score (nSPS) is 22.2. The molecular weight excluding hydrogens is 258 g/mol. The molecule has 1 aromatic heterocycles. The molecule has 0 spiro atoms. The molecule has 1 aromatic carbocycles. The van der Waals surface area contributed by atoms with Crippen molar-refractivity contribution < 1.29 is 0 Å². The van der Waals surface area contributed by atoms with Gasteiger partial charge in [0.25, 0.3) is 0 Å². The first-order chi connectivity index (χ1) is 10.3. The van der Waals surface area contributed by atoms with Gasteiger partial charge >= 0.3 is 0 Å². The lowest BCUT2D eigenvalue weighted by atomic mass is 10.0. The van der Waals surface area contributed by atoms with Crippen molar-refractivity contribution >= 4 is 10.9 Å². The Kier molecular flexibility index (Phi) is 4.51. The standard InChI is InChI=1S/C18H25N3/c1-2-21(18-7-3-5-16(18)12-19)13-14-8-9-17-15(11-14)6-4-10-20-17/h4,6,8-11,16,18H,2-3,5,7,12-13,19H2,1H3. The molecule has 3 rings (SSSR count). The smallest absolute Gasteiger partial charge is 0.0702 e. The molecule has 1 aliphatic carbocycles. The second-order valence-corrected chi connectivity index (χ2v) is 6.09. The summed E-state index contributed by atoms with van der Waals surface area (Å²) in [5.41, 5.74) is 8.40. The molecule has 112 valence electrons. The Morgan fingerprint density at radius 1 is 1.29 bits per heavy atom. The van der Waals surface area contributed by atoms with Crippen LogP contribution in [0.3, 0.4) is 0 Å². The van der Waals surface area contributed by atoms with Gasteiger partial charge in [0, 0.05) is 24.2 Å². The van der Waals surface area contributed by atoms with E-state index >= 15 is 0 Å². The zero-order valence-electron chi connectivity index (χ0n) is 12.8. The van der Waals surface area contributed by atoms with Crippen LogP contribution in [0.25, 0.3) is 10.9 Å². The summed E-state index contributed by atoms with van der Waals surface area (Å²) in [6, 6.07) is 11.4. The van der Waals surface area contributed by atoms with Gasteiger partial charge in [-0.25, -0.2) is 0 Å². The van der Waals surface area contributed by atoms with Crippen LogP contribution in [0.2, 0.25) is 0 Å². The maximum Gasteiger partial charge on any atom is 0.0702 e. The number of aromatic nitrogens is 1. The number of hydrogen-bond donors (Lipinski definition) is 1. The summed E-state index contributed by atoms with van der Waals surface area (Å²) in [6.07, 6.45) is 5.76. The summed E-state index contributed by atoms with van der Waals surface area (Å²) < 4.78 is 0. The monoisotopic (exact) mass is 283 g/mol. The first-order valence-corrected chi connectivity index (χ1v) is 8.09. The van der Waals surface area contributed by atoms with Gasteiger partial charge in [0.05, 0.1) is 5.52 Å². The number of fused-ring (bicyclic) bond motifs is 1. The molecule has 1 saturated carbocycles. The Morgan fingerprint density at radius 2 is 2.19 bits per heavy atom. The zero-order valence-corrected chi connectivity index (χ0v) is 12.8. The summed E-state index contributed by atoms with van der Waals surface area (Å²) in [6.45, 7) is 5.19. The van der Waals surface area contributed by atoms with Crippen molar-refractivity contribution in [3.8, 4) is 0 Å². The quantitative estimate of drug-likeness (QED) is 0.916. The minimum atomic E-state index is 0.657. The van der Waals surface area contributed by atoms with Gasteiger partial charge in [-0.3, -0.25) is 9.88 Å². The van der Waals surface area contributed by atoms with Crippen LogP contribution in [0, 0.1) is 5.92 Å². The molecule has 2 atom stereocenters. The molecule has 1 fully saturated rings.